The molecule has 78 valence electrons. The Balaban J connectivity index is 2.69. The summed E-state index contributed by atoms with van der Waals surface area (Å²) >= 11 is 0. The molecule has 2 unspecified atom stereocenters. The molecule has 1 aliphatic rings. The summed E-state index contributed by atoms with van der Waals surface area (Å²) in [5.41, 5.74) is 0. The predicted molar refractivity (Wildman–Crippen MR) is 53.8 cm³/mol. The van der Waals surface area contributed by atoms with Crippen molar-refractivity contribution in [3.8, 4) is 0 Å². The van der Waals surface area contributed by atoms with Crippen molar-refractivity contribution in [1.29, 1.82) is 0 Å². The van der Waals surface area contributed by atoms with Crippen LogP contribution in [0.25, 0.3) is 0 Å². The van der Waals surface area contributed by atoms with Crippen LogP contribution in [0.4, 0.5) is 0 Å². The molecular formula is C11H22O2. The molecule has 1 aliphatic heterocycles. The summed E-state index contributed by atoms with van der Waals surface area (Å²) in [5, 5.41) is 0. The van der Waals surface area contributed by atoms with Gasteiger partial charge in [-0.05, 0) is 25.2 Å². The molecule has 1 saturated heterocycles. The normalized spacial score (nSPS) is 46.4. The van der Waals surface area contributed by atoms with Crippen LogP contribution in [0.2, 0.25) is 0 Å². The van der Waals surface area contributed by atoms with Gasteiger partial charge in [0.15, 0.2) is 0 Å². The lowest BCUT2D eigenvalue weighted by molar-refractivity contribution is -0.172. The van der Waals surface area contributed by atoms with E-state index in [1.54, 1.807) is 7.11 Å². The fourth-order valence-corrected chi connectivity index (χ4v) is 2.24. The Morgan fingerprint density at radius 1 is 1.15 bits per heavy atom. The number of hydrogen-bond donors (Lipinski definition) is 0. The highest BCUT2D eigenvalue weighted by atomic mass is 16.5. The van der Waals surface area contributed by atoms with E-state index in [1.165, 1.54) is 0 Å². The smallest absolute Gasteiger partial charge is 0.0861 e. The Morgan fingerprint density at radius 3 is 2.23 bits per heavy atom. The van der Waals surface area contributed by atoms with Gasteiger partial charge in [0, 0.05) is 7.11 Å². The molecule has 0 radical (unpaired) electrons. The minimum atomic E-state index is 0.274. The van der Waals surface area contributed by atoms with Gasteiger partial charge in [-0.25, -0.2) is 0 Å². The van der Waals surface area contributed by atoms with Crippen molar-refractivity contribution in [2.75, 3.05) is 7.11 Å². The molecule has 0 bridgehead atoms. The second kappa shape index (κ2) is 4.43. The van der Waals surface area contributed by atoms with E-state index in [4.69, 9.17) is 9.47 Å². The fourth-order valence-electron chi connectivity index (χ4n) is 2.24. The number of ether oxygens (including phenoxy) is 2. The van der Waals surface area contributed by atoms with Crippen molar-refractivity contribution in [3.63, 3.8) is 0 Å². The first-order valence-corrected chi connectivity index (χ1v) is 5.30. The Morgan fingerprint density at radius 2 is 1.77 bits per heavy atom. The van der Waals surface area contributed by atoms with Crippen LogP contribution < -0.4 is 0 Å². The zero-order valence-corrected chi connectivity index (χ0v) is 9.41. The molecule has 0 aromatic heterocycles. The molecule has 5 atom stereocenters. The predicted octanol–water partition coefficient (Wildman–Crippen LogP) is 2.47. The first-order chi connectivity index (χ1) is 6.11. The van der Waals surface area contributed by atoms with Crippen LogP contribution in [0.1, 0.15) is 34.1 Å². The van der Waals surface area contributed by atoms with Gasteiger partial charge in [-0.3, -0.25) is 0 Å². The quantitative estimate of drug-likeness (QED) is 0.659. The maximum atomic E-state index is 5.90. The van der Waals surface area contributed by atoms with Crippen LogP contribution in [0.15, 0.2) is 0 Å². The summed E-state index contributed by atoms with van der Waals surface area (Å²) in [4.78, 5) is 0. The zero-order valence-electron chi connectivity index (χ0n) is 9.41. The van der Waals surface area contributed by atoms with Gasteiger partial charge in [-0.1, -0.05) is 20.8 Å². The Bertz CT molecular complexity index is 156. The highest BCUT2D eigenvalue weighted by molar-refractivity contribution is 4.86. The molecule has 2 heteroatoms. The summed E-state index contributed by atoms with van der Waals surface area (Å²) in [7, 11) is 1.79. The number of hydrogen-bond acceptors (Lipinski definition) is 2. The minimum Gasteiger partial charge on any atom is -0.378 e. The average Bonchev–Trinajstić information content (AvgIpc) is 2.13. The van der Waals surface area contributed by atoms with Gasteiger partial charge in [0.25, 0.3) is 0 Å². The summed E-state index contributed by atoms with van der Waals surface area (Å²) in [6.07, 6.45) is 1.97. The lowest BCUT2D eigenvalue weighted by Gasteiger charge is -2.43. The molecule has 0 aromatic carbocycles. The lowest BCUT2D eigenvalue weighted by atomic mass is 9.81. The first kappa shape index (κ1) is 11.0. The van der Waals surface area contributed by atoms with Gasteiger partial charge in [-0.2, -0.15) is 0 Å². The molecular weight excluding hydrogens is 164 g/mol. The van der Waals surface area contributed by atoms with Gasteiger partial charge in [0.1, 0.15) is 0 Å². The molecule has 0 aliphatic carbocycles. The zero-order chi connectivity index (χ0) is 10.0. The second-order valence-corrected chi connectivity index (χ2v) is 4.21. The topological polar surface area (TPSA) is 18.5 Å². The largest absolute Gasteiger partial charge is 0.378 e. The third kappa shape index (κ3) is 2.05. The monoisotopic (exact) mass is 186 g/mol. The van der Waals surface area contributed by atoms with Crippen LogP contribution in [0, 0.1) is 11.8 Å². The van der Waals surface area contributed by atoms with E-state index in [2.05, 4.69) is 27.7 Å². The van der Waals surface area contributed by atoms with Crippen LogP contribution in [0.5, 0.6) is 0 Å². The van der Waals surface area contributed by atoms with Crippen LogP contribution in [-0.4, -0.2) is 25.4 Å². The molecule has 0 amide bonds. The van der Waals surface area contributed by atoms with E-state index in [-0.39, 0.29) is 12.2 Å². The Labute approximate surface area is 81.6 Å². The van der Waals surface area contributed by atoms with E-state index >= 15 is 0 Å². The highest BCUT2D eigenvalue weighted by Crippen LogP contribution is 2.33. The molecule has 1 heterocycles. The summed E-state index contributed by atoms with van der Waals surface area (Å²) < 4.78 is 11.4. The van der Waals surface area contributed by atoms with Gasteiger partial charge in [-0.15, -0.1) is 0 Å². The van der Waals surface area contributed by atoms with Crippen molar-refractivity contribution in [3.05, 3.63) is 0 Å². The third-order valence-electron chi connectivity index (χ3n) is 3.52. The molecule has 0 N–H and O–H groups in total. The van der Waals surface area contributed by atoms with Gasteiger partial charge >= 0.3 is 0 Å². The number of rotatable bonds is 2. The molecule has 2 nitrogen and oxygen atoms in total. The van der Waals surface area contributed by atoms with Crippen molar-refractivity contribution in [2.24, 2.45) is 11.8 Å². The van der Waals surface area contributed by atoms with E-state index in [0.717, 1.165) is 6.42 Å². The van der Waals surface area contributed by atoms with Crippen LogP contribution in [0.3, 0.4) is 0 Å². The van der Waals surface area contributed by atoms with Gasteiger partial charge < -0.3 is 9.47 Å². The summed E-state index contributed by atoms with van der Waals surface area (Å²) in [6.45, 7) is 8.83. The maximum Gasteiger partial charge on any atom is 0.0861 e. The van der Waals surface area contributed by atoms with Crippen LogP contribution in [-0.2, 0) is 9.47 Å². The molecule has 0 saturated carbocycles. The first-order valence-electron chi connectivity index (χ1n) is 5.30. The van der Waals surface area contributed by atoms with Gasteiger partial charge in [0.2, 0.25) is 0 Å². The van der Waals surface area contributed by atoms with Crippen molar-refractivity contribution >= 4 is 0 Å². The lowest BCUT2D eigenvalue weighted by Crippen LogP contribution is -2.48. The van der Waals surface area contributed by atoms with E-state index in [9.17, 15) is 0 Å². The van der Waals surface area contributed by atoms with E-state index < -0.39 is 0 Å². The van der Waals surface area contributed by atoms with Crippen LogP contribution >= 0.6 is 0 Å². The third-order valence-corrected chi connectivity index (χ3v) is 3.52. The van der Waals surface area contributed by atoms with E-state index in [1.807, 2.05) is 0 Å². The Kier molecular flexibility index (Phi) is 3.74. The summed E-state index contributed by atoms with van der Waals surface area (Å²) in [5.74, 6) is 1.19. The average molecular weight is 186 g/mol. The summed E-state index contributed by atoms with van der Waals surface area (Å²) in [6, 6.07) is 0. The van der Waals surface area contributed by atoms with Gasteiger partial charge in [0.05, 0.1) is 18.3 Å². The van der Waals surface area contributed by atoms with E-state index in [0.29, 0.717) is 17.9 Å². The SMILES string of the molecule is CCC1O[C@H](C)[C@@H](C)C(C)[C@@H]1OC. The minimum absolute atomic E-state index is 0.274. The van der Waals surface area contributed by atoms with Crippen molar-refractivity contribution in [1.82, 2.24) is 0 Å². The molecule has 13 heavy (non-hydrogen) atoms. The second-order valence-electron chi connectivity index (χ2n) is 4.21. The molecule has 0 aromatic rings. The molecule has 1 rings (SSSR count). The Hall–Kier alpha value is -0.0800. The number of methoxy groups -OCH3 is 1. The standard InChI is InChI=1S/C11H22O2/c1-6-10-11(12-5)8(3)7(2)9(4)13-10/h7-11H,6H2,1-5H3/t7-,8?,9+,10?,11-/m0/s1. The van der Waals surface area contributed by atoms with Crippen molar-refractivity contribution < 1.29 is 9.47 Å². The molecule has 1 fully saturated rings. The molecule has 0 spiro atoms. The fraction of sp³-hybridized carbons (Fsp3) is 1.00. The van der Waals surface area contributed by atoms with Crippen molar-refractivity contribution in [2.45, 2.75) is 52.4 Å². The highest BCUT2D eigenvalue weighted by Gasteiger charge is 2.38. The maximum absolute atomic E-state index is 5.90.